The van der Waals surface area contributed by atoms with Crippen molar-refractivity contribution < 1.29 is 33.5 Å². The Balaban J connectivity index is 2.37. The fourth-order valence-electron chi connectivity index (χ4n) is 2.92. The minimum atomic E-state index is -0.968. The molecule has 2 aromatic carbocycles. The van der Waals surface area contributed by atoms with Gasteiger partial charge in [0.15, 0.2) is 23.0 Å². The molecule has 0 saturated carbocycles. The quantitative estimate of drug-likeness (QED) is 0.699. The van der Waals surface area contributed by atoms with E-state index in [9.17, 15) is 5.11 Å². The van der Waals surface area contributed by atoms with Crippen LogP contribution < -0.4 is 28.4 Å². The highest BCUT2D eigenvalue weighted by atomic mass is 16.6. The summed E-state index contributed by atoms with van der Waals surface area (Å²) >= 11 is 0. The molecule has 0 saturated heterocycles. The largest absolute Gasteiger partial charge is 0.493 e. The average Bonchev–Trinajstić information content (AvgIpc) is 2.72. The van der Waals surface area contributed by atoms with Crippen LogP contribution in [0.1, 0.15) is 24.2 Å². The highest BCUT2D eigenvalue weighted by Crippen LogP contribution is 2.42. The molecule has 1 N–H and O–H groups in total. The lowest BCUT2D eigenvalue weighted by molar-refractivity contribution is 0.0431. The van der Waals surface area contributed by atoms with Crippen molar-refractivity contribution in [1.29, 1.82) is 0 Å². The van der Waals surface area contributed by atoms with Crippen LogP contribution in [-0.2, 0) is 0 Å². The molecular weight excluding hydrogens is 364 g/mol. The number of hydrogen-bond donors (Lipinski definition) is 1. The second-order valence-electron chi connectivity index (χ2n) is 6.23. The van der Waals surface area contributed by atoms with E-state index in [1.807, 2.05) is 19.1 Å². The molecule has 0 aromatic heterocycles. The maximum Gasteiger partial charge on any atom is 0.203 e. The third kappa shape index (κ3) is 4.36. The SMILES string of the molecule is COc1cc([C@H](O)[C@H](C)Oc2c(OC)cc(C)cc2OC)cc(OC)c1OC. The molecular formula is C21H28O7. The first kappa shape index (κ1) is 21.5. The Hall–Kier alpha value is -2.80. The van der Waals surface area contributed by atoms with E-state index in [1.165, 1.54) is 21.3 Å². The summed E-state index contributed by atoms with van der Waals surface area (Å²) in [7, 11) is 7.69. The van der Waals surface area contributed by atoms with Crippen molar-refractivity contribution in [2.75, 3.05) is 35.5 Å². The van der Waals surface area contributed by atoms with E-state index in [4.69, 9.17) is 28.4 Å². The van der Waals surface area contributed by atoms with E-state index in [-0.39, 0.29) is 0 Å². The highest BCUT2D eigenvalue weighted by Gasteiger charge is 2.25. The molecule has 2 atom stereocenters. The molecule has 0 spiro atoms. The van der Waals surface area contributed by atoms with Crippen LogP contribution in [0.5, 0.6) is 34.5 Å². The summed E-state index contributed by atoms with van der Waals surface area (Å²) < 4.78 is 32.9. The van der Waals surface area contributed by atoms with Crippen molar-refractivity contribution in [2.45, 2.75) is 26.1 Å². The molecule has 2 rings (SSSR count). The van der Waals surface area contributed by atoms with E-state index in [1.54, 1.807) is 33.3 Å². The number of rotatable bonds is 9. The van der Waals surface area contributed by atoms with Crippen molar-refractivity contribution in [2.24, 2.45) is 0 Å². The fourth-order valence-corrected chi connectivity index (χ4v) is 2.92. The van der Waals surface area contributed by atoms with Gasteiger partial charge in [0.25, 0.3) is 0 Å². The van der Waals surface area contributed by atoms with Gasteiger partial charge in [-0.25, -0.2) is 0 Å². The summed E-state index contributed by atoms with van der Waals surface area (Å²) in [6.45, 7) is 3.69. The second kappa shape index (κ2) is 9.41. The zero-order valence-corrected chi connectivity index (χ0v) is 17.4. The number of aliphatic hydroxyl groups excluding tert-OH is 1. The van der Waals surface area contributed by atoms with Gasteiger partial charge >= 0.3 is 0 Å². The van der Waals surface area contributed by atoms with Crippen molar-refractivity contribution in [3.63, 3.8) is 0 Å². The molecule has 154 valence electrons. The minimum Gasteiger partial charge on any atom is -0.493 e. The molecule has 0 bridgehead atoms. The van der Waals surface area contributed by atoms with E-state index < -0.39 is 12.2 Å². The van der Waals surface area contributed by atoms with Gasteiger partial charge in [0.1, 0.15) is 12.2 Å². The number of hydrogen-bond acceptors (Lipinski definition) is 7. The highest BCUT2D eigenvalue weighted by molar-refractivity contribution is 5.55. The number of aliphatic hydroxyl groups is 1. The molecule has 7 nitrogen and oxygen atoms in total. The Morgan fingerprint density at radius 1 is 0.679 bits per heavy atom. The molecule has 0 unspecified atom stereocenters. The number of methoxy groups -OCH3 is 5. The molecule has 7 heteroatoms. The van der Waals surface area contributed by atoms with Crippen LogP contribution in [0.25, 0.3) is 0 Å². The van der Waals surface area contributed by atoms with Crippen LogP contribution in [0.15, 0.2) is 24.3 Å². The van der Waals surface area contributed by atoms with Crippen molar-refractivity contribution in [3.8, 4) is 34.5 Å². The van der Waals surface area contributed by atoms with Gasteiger partial charge in [-0.2, -0.15) is 0 Å². The van der Waals surface area contributed by atoms with Gasteiger partial charge in [0, 0.05) is 0 Å². The maximum atomic E-state index is 10.9. The van der Waals surface area contributed by atoms with Crippen molar-refractivity contribution in [1.82, 2.24) is 0 Å². The van der Waals surface area contributed by atoms with Gasteiger partial charge in [0.2, 0.25) is 11.5 Å². The molecule has 0 heterocycles. The smallest absolute Gasteiger partial charge is 0.203 e. The Kier molecular flexibility index (Phi) is 7.23. The van der Waals surface area contributed by atoms with Crippen LogP contribution in [-0.4, -0.2) is 46.8 Å². The van der Waals surface area contributed by atoms with E-state index >= 15 is 0 Å². The molecule has 0 fully saturated rings. The van der Waals surface area contributed by atoms with Gasteiger partial charge in [-0.05, 0) is 49.2 Å². The first-order chi connectivity index (χ1) is 13.4. The van der Waals surface area contributed by atoms with Gasteiger partial charge in [-0.3, -0.25) is 0 Å². The predicted molar refractivity (Wildman–Crippen MR) is 105 cm³/mol. The van der Waals surface area contributed by atoms with Gasteiger partial charge in [-0.15, -0.1) is 0 Å². The van der Waals surface area contributed by atoms with Gasteiger partial charge < -0.3 is 33.5 Å². The minimum absolute atomic E-state index is 0.426. The van der Waals surface area contributed by atoms with Crippen LogP contribution in [0.3, 0.4) is 0 Å². The predicted octanol–water partition coefficient (Wildman–Crippen LogP) is 3.54. The van der Waals surface area contributed by atoms with Crippen molar-refractivity contribution >= 4 is 0 Å². The first-order valence-corrected chi connectivity index (χ1v) is 8.77. The average molecular weight is 392 g/mol. The third-order valence-corrected chi connectivity index (χ3v) is 4.38. The molecule has 28 heavy (non-hydrogen) atoms. The monoisotopic (exact) mass is 392 g/mol. The first-order valence-electron chi connectivity index (χ1n) is 8.77. The summed E-state index contributed by atoms with van der Waals surface area (Å²) in [6.07, 6.45) is -1.59. The fraction of sp³-hybridized carbons (Fsp3) is 0.429. The Labute approximate surface area is 165 Å². The lowest BCUT2D eigenvalue weighted by Gasteiger charge is -2.24. The van der Waals surface area contributed by atoms with Crippen molar-refractivity contribution in [3.05, 3.63) is 35.4 Å². The van der Waals surface area contributed by atoms with Gasteiger partial charge in [-0.1, -0.05) is 0 Å². The molecule has 0 aliphatic heterocycles. The molecule has 2 aromatic rings. The summed E-state index contributed by atoms with van der Waals surface area (Å²) in [4.78, 5) is 0. The molecule has 0 aliphatic rings. The number of ether oxygens (including phenoxy) is 6. The lowest BCUT2D eigenvalue weighted by atomic mass is 10.0. The normalized spacial score (nSPS) is 12.7. The maximum absolute atomic E-state index is 10.9. The zero-order valence-electron chi connectivity index (χ0n) is 17.4. The van der Waals surface area contributed by atoms with E-state index in [0.717, 1.165) is 5.56 Å². The van der Waals surface area contributed by atoms with Crippen LogP contribution in [0, 0.1) is 6.92 Å². The summed E-state index contributed by atoms with van der Waals surface area (Å²) in [6, 6.07) is 7.07. The van der Waals surface area contributed by atoms with Crippen LogP contribution in [0.4, 0.5) is 0 Å². The molecule has 0 radical (unpaired) electrons. The Morgan fingerprint density at radius 2 is 1.11 bits per heavy atom. The summed E-state index contributed by atoms with van der Waals surface area (Å²) in [5, 5.41) is 10.9. The molecule has 0 amide bonds. The topological polar surface area (TPSA) is 75.6 Å². The Morgan fingerprint density at radius 3 is 1.50 bits per heavy atom. The summed E-state index contributed by atoms with van der Waals surface area (Å²) in [5.74, 6) is 2.84. The zero-order chi connectivity index (χ0) is 20.8. The van der Waals surface area contributed by atoms with E-state index in [2.05, 4.69) is 0 Å². The lowest BCUT2D eigenvalue weighted by Crippen LogP contribution is -2.22. The van der Waals surface area contributed by atoms with Gasteiger partial charge in [0.05, 0.1) is 35.5 Å². The second-order valence-corrected chi connectivity index (χ2v) is 6.23. The van der Waals surface area contributed by atoms with Crippen LogP contribution >= 0.6 is 0 Å². The van der Waals surface area contributed by atoms with E-state index in [0.29, 0.717) is 40.1 Å². The summed E-state index contributed by atoms with van der Waals surface area (Å²) in [5.41, 5.74) is 1.53. The standard InChI is InChI=1S/C21H28O7/c1-12-8-15(23-3)21(16(9-12)24-4)28-13(2)19(22)14-10-17(25-5)20(27-7)18(11-14)26-6/h8-11,13,19,22H,1-7H3/t13-,19+/m0/s1. The third-order valence-electron chi connectivity index (χ3n) is 4.38. The Bertz CT molecular complexity index is 753. The number of aryl methyl sites for hydroxylation is 1. The number of benzene rings is 2. The van der Waals surface area contributed by atoms with Crippen LogP contribution in [0.2, 0.25) is 0 Å². The molecule has 0 aliphatic carbocycles.